The Balaban J connectivity index is 1.78. The Labute approximate surface area is 179 Å². The van der Waals surface area contributed by atoms with Gasteiger partial charge in [-0.1, -0.05) is 38.5 Å². The fraction of sp³-hybridized carbons (Fsp3) is 0.440. The zero-order valence-electron chi connectivity index (χ0n) is 18.1. The highest BCUT2D eigenvalue weighted by Crippen LogP contribution is 2.24. The van der Waals surface area contributed by atoms with E-state index in [0.29, 0.717) is 29.7 Å². The molecule has 2 aromatic rings. The molecule has 162 valence electrons. The van der Waals surface area contributed by atoms with E-state index in [0.717, 1.165) is 38.0 Å². The third kappa shape index (κ3) is 8.46. The maximum absolute atomic E-state index is 14.3. The first-order valence-electron chi connectivity index (χ1n) is 10.8. The van der Waals surface area contributed by atoms with Crippen LogP contribution >= 0.6 is 0 Å². The third-order valence-electron chi connectivity index (χ3n) is 4.69. The van der Waals surface area contributed by atoms with Crippen molar-refractivity contribution in [1.82, 2.24) is 10.2 Å². The molecule has 0 aliphatic carbocycles. The number of rotatable bonds is 14. The molecule has 1 atom stereocenters. The van der Waals surface area contributed by atoms with Gasteiger partial charge in [-0.2, -0.15) is 5.10 Å². The van der Waals surface area contributed by atoms with Gasteiger partial charge in [0, 0.05) is 18.2 Å². The van der Waals surface area contributed by atoms with Gasteiger partial charge in [-0.15, -0.1) is 5.10 Å². The number of nitrogens with zero attached hydrogens (tertiary/aromatic N) is 2. The number of ether oxygens (including phenoxy) is 2. The van der Waals surface area contributed by atoms with Gasteiger partial charge in [-0.3, -0.25) is 0 Å². The van der Waals surface area contributed by atoms with Gasteiger partial charge >= 0.3 is 0 Å². The second-order valence-corrected chi connectivity index (χ2v) is 7.31. The van der Waals surface area contributed by atoms with Gasteiger partial charge in [0.25, 0.3) is 0 Å². The standard InChI is InChI=1S/C25H33FN2O2/c1-4-6-10-18-29-20(3)11-8-7-9-12-21-13-16-25(28-27-21)23-15-14-22(19-24(23)26)30-17-5-2/h5,9,12-16,19-20H,2,4,6-8,10-11,17-18H2,1,3H3. The highest BCUT2D eigenvalue weighted by molar-refractivity contribution is 5.61. The molecule has 0 amide bonds. The summed E-state index contributed by atoms with van der Waals surface area (Å²) in [5.41, 5.74) is 1.65. The Morgan fingerprint density at radius 3 is 2.70 bits per heavy atom. The molecule has 30 heavy (non-hydrogen) atoms. The fourth-order valence-corrected chi connectivity index (χ4v) is 2.97. The minimum atomic E-state index is -0.389. The lowest BCUT2D eigenvalue weighted by atomic mass is 10.1. The lowest BCUT2D eigenvalue weighted by molar-refractivity contribution is 0.0566. The van der Waals surface area contributed by atoms with Crippen LogP contribution in [0.15, 0.2) is 49.1 Å². The van der Waals surface area contributed by atoms with Crippen molar-refractivity contribution >= 4 is 6.08 Å². The van der Waals surface area contributed by atoms with Crippen LogP contribution in [0.2, 0.25) is 0 Å². The average molecular weight is 413 g/mol. The van der Waals surface area contributed by atoms with Crippen molar-refractivity contribution in [3.05, 3.63) is 60.6 Å². The van der Waals surface area contributed by atoms with Crippen molar-refractivity contribution in [3.63, 3.8) is 0 Å². The molecular weight excluding hydrogens is 379 g/mol. The number of benzene rings is 1. The summed E-state index contributed by atoms with van der Waals surface area (Å²) in [4.78, 5) is 0. The van der Waals surface area contributed by atoms with Crippen LogP contribution in [0, 0.1) is 5.82 Å². The van der Waals surface area contributed by atoms with Crippen molar-refractivity contribution in [3.8, 4) is 17.0 Å². The van der Waals surface area contributed by atoms with Crippen molar-refractivity contribution in [2.45, 2.75) is 58.5 Å². The summed E-state index contributed by atoms with van der Waals surface area (Å²) in [5, 5.41) is 8.35. The monoisotopic (exact) mass is 412 g/mol. The van der Waals surface area contributed by atoms with Crippen LogP contribution in [-0.4, -0.2) is 29.5 Å². The van der Waals surface area contributed by atoms with Gasteiger partial charge < -0.3 is 9.47 Å². The molecule has 0 fully saturated rings. The highest BCUT2D eigenvalue weighted by Gasteiger charge is 2.08. The molecular formula is C25H33FN2O2. The van der Waals surface area contributed by atoms with E-state index in [4.69, 9.17) is 9.47 Å². The van der Waals surface area contributed by atoms with Crippen LogP contribution in [0.3, 0.4) is 0 Å². The van der Waals surface area contributed by atoms with Gasteiger partial charge in [0.1, 0.15) is 18.2 Å². The maximum Gasteiger partial charge on any atom is 0.136 e. The summed E-state index contributed by atoms with van der Waals surface area (Å²) in [5.74, 6) is 0.0736. The number of unbranched alkanes of at least 4 members (excludes halogenated alkanes) is 3. The summed E-state index contributed by atoms with van der Waals surface area (Å²) < 4.78 is 25.5. The molecule has 4 nitrogen and oxygen atoms in total. The second kappa shape index (κ2) is 13.6. The molecule has 0 bridgehead atoms. The topological polar surface area (TPSA) is 44.2 Å². The summed E-state index contributed by atoms with van der Waals surface area (Å²) in [6.07, 6.45) is 12.7. The van der Waals surface area contributed by atoms with Gasteiger partial charge in [0.2, 0.25) is 0 Å². The molecule has 0 N–H and O–H groups in total. The normalized spacial score (nSPS) is 12.2. The first-order chi connectivity index (χ1) is 14.6. The number of hydrogen-bond acceptors (Lipinski definition) is 4. The van der Waals surface area contributed by atoms with Crippen LogP contribution in [0.25, 0.3) is 17.3 Å². The fourth-order valence-electron chi connectivity index (χ4n) is 2.97. The summed E-state index contributed by atoms with van der Waals surface area (Å²) in [6, 6.07) is 8.34. The van der Waals surface area contributed by atoms with Crippen LogP contribution in [-0.2, 0) is 4.74 Å². The molecule has 5 heteroatoms. The zero-order valence-corrected chi connectivity index (χ0v) is 18.1. The van der Waals surface area contributed by atoms with E-state index in [1.807, 2.05) is 12.1 Å². The molecule has 1 unspecified atom stereocenters. The predicted octanol–water partition coefficient (Wildman–Crippen LogP) is 6.63. The number of hydrogen-bond donors (Lipinski definition) is 0. The lowest BCUT2D eigenvalue weighted by Crippen LogP contribution is -2.08. The Bertz CT molecular complexity index is 790. The van der Waals surface area contributed by atoms with Gasteiger partial charge in [-0.05, 0) is 62.9 Å². The number of allylic oxidation sites excluding steroid dienone is 1. The minimum absolute atomic E-state index is 0.304. The zero-order chi connectivity index (χ0) is 21.6. The first-order valence-corrected chi connectivity index (χ1v) is 10.8. The van der Waals surface area contributed by atoms with E-state index in [-0.39, 0.29) is 5.82 Å². The van der Waals surface area contributed by atoms with E-state index >= 15 is 0 Å². The predicted molar refractivity (Wildman–Crippen MR) is 121 cm³/mol. The molecule has 0 aliphatic rings. The Morgan fingerprint density at radius 1 is 1.13 bits per heavy atom. The molecule has 1 aromatic carbocycles. The van der Waals surface area contributed by atoms with Crippen molar-refractivity contribution < 1.29 is 13.9 Å². The Hall–Kier alpha value is -2.53. The molecule has 0 aliphatic heterocycles. The van der Waals surface area contributed by atoms with Crippen molar-refractivity contribution in [1.29, 1.82) is 0 Å². The molecule has 0 saturated carbocycles. The third-order valence-corrected chi connectivity index (χ3v) is 4.69. The van der Waals surface area contributed by atoms with Crippen LogP contribution in [0.5, 0.6) is 5.75 Å². The molecule has 1 heterocycles. The molecule has 2 rings (SSSR count). The van der Waals surface area contributed by atoms with E-state index < -0.39 is 0 Å². The van der Waals surface area contributed by atoms with E-state index in [1.54, 1.807) is 24.3 Å². The molecule has 0 radical (unpaired) electrons. The SMILES string of the molecule is C=CCOc1ccc(-c2ccc(C=CCCCC(C)OCCCCC)nn2)c(F)c1. The number of aromatic nitrogens is 2. The summed E-state index contributed by atoms with van der Waals surface area (Å²) >= 11 is 0. The lowest BCUT2D eigenvalue weighted by Gasteiger charge is -2.11. The smallest absolute Gasteiger partial charge is 0.136 e. The largest absolute Gasteiger partial charge is 0.489 e. The second-order valence-electron chi connectivity index (χ2n) is 7.31. The minimum Gasteiger partial charge on any atom is -0.489 e. The summed E-state index contributed by atoms with van der Waals surface area (Å²) in [6.45, 7) is 9.11. The maximum atomic E-state index is 14.3. The van der Waals surface area contributed by atoms with Crippen LogP contribution in [0.1, 0.15) is 58.1 Å². The number of halogens is 1. The summed E-state index contributed by atoms with van der Waals surface area (Å²) in [7, 11) is 0. The van der Waals surface area contributed by atoms with Crippen LogP contribution < -0.4 is 4.74 Å². The van der Waals surface area contributed by atoms with Crippen molar-refractivity contribution in [2.24, 2.45) is 0 Å². The highest BCUT2D eigenvalue weighted by atomic mass is 19.1. The van der Waals surface area contributed by atoms with E-state index in [1.165, 1.54) is 18.9 Å². The van der Waals surface area contributed by atoms with Gasteiger partial charge in [0.05, 0.1) is 17.5 Å². The average Bonchev–Trinajstić information content (AvgIpc) is 2.76. The quantitative estimate of drug-likeness (QED) is 0.258. The van der Waals surface area contributed by atoms with Gasteiger partial charge in [-0.25, -0.2) is 4.39 Å². The van der Waals surface area contributed by atoms with E-state index in [9.17, 15) is 4.39 Å². The molecule has 0 saturated heterocycles. The molecule has 1 aromatic heterocycles. The first kappa shape index (κ1) is 23.7. The molecule has 0 spiro atoms. The Kier molecular flexibility index (Phi) is 10.8. The van der Waals surface area contributed by atoms with Crippen LogP contribution in [0.4, 0.5) is 4.39 Å². The Morgan fingerprint density at radius 2 is 2.00 bits per heavy atom. The van der Waals surface area contributed by atoms with Crippen molar-refractivity contribution in [2.75, 3.05) is 13.2 Å². The van der Waals surface area contributed by atoms with E-state index in [2.05, 4.69) is 36.7 Å². The van der Waals surface area contributed by atoms with Gasteiger partial charge in [0.15, 0.2) is 0 Å².